The van der Waals surface area contributed by atoms with Crippen molar-refractivity contribution >= 4 is 0 Å². The smallest absolute Gasteiger partial charge is 0.0663 e. The lowest BCUT2D eigenvalue weighted by molar-refractivity contribution is 0.464. The normalized spacial score (nSPS) is 31.5. The Kier molecular flexibility index (Phi) is 1.37. The van der Waals surface area contributed by atoms with Gasteiger partial charge in [-0.15, -0.1) is 0 Å². The van der Waals surface area contributed by atoms with Gasteiger partial charge in [0, 0.05) is 23.2 Å². The van der Waals surface area contributed by atoms with Crippen LogP contribution in [0.2, 0.25) is 0 Å². The van der Waals surface area contributed by atoms with Crippen LogP contribution in [0.3, 0.4) is 0 Å². The van der Waals surface area contributed by atoms with Crippen LogP contribution in [0.4, 0.5) is 0 Å². The highest BCUT2D eigenvalue weighted by Crippen LogP contribution is 2.43. The molecule has 2 N–H and O–H groups in total. The van der Waals surface area contributed by atoms with Crippen LogP contribution >= 0.6 is 0 Å². The van der Waals surface area contributed by atoms with E-state index in [1.54, 1.807) is 0 Å². The van der Waals surface area contributed by atoms with E-state index in [0.717, 1.165) is 6.54 Å². The maximum atomic E-state index is 4.36. The number of aryl methyl sites for hydroxylation is 2. The Labute approximate surface area is 77.9 Å². The minimum Gasteiger partial charge on any atom is -0.316 e. The van der Waals surface area contributed by atoms with Crippen LogP contribution in [-0.4, -0.2) is 23.3 Å². The van der Waals surface area contributed by atoms with Crippen LogP contribution in [0.25, 0.3) is 0 Å². The first-order chi connectivity index (χ1) is 6.32. The van der Waals surface area contributed by atoms with Gasteiger partial charge in [0.25, 0.3) is 0 Å². The van der Waals surface area contributed by atoms with Crippen LogP contribution in [-0.2, 0) is 11.8 Å². The molecule has 1 unspecified atom stereocenters. The SMILES string of the molecule is Cc1[nH]nc2c1C1(CCNC1)CC2. The van der Waals surface area contributed by atoms with Crippen molar-refractivity contribution in [1.29, 1.82) is 0 Å². The first kappa shape index (κ1) is 7.56. The average Bonchev–Trinajstić information content (AvgIpc) is 2.76. The molecular formula is C10H15N3. The van der Waals surface area contributed by atoms with Gasteiger partial charge in [-0.25, -0.2) is 0 Å². The molecule has 2 heterocycles. The molecule has 0 bridgehead atoms. The zero-order chi connectivity index (χ0) is 8.89. The first-order valence-corrected chi connectivity index (χ1v) is 5.07. The molecule has 70 valence electrons. The third kappa shape index (κ3) is 0.854. The standard InChI is InChI=1S/C10H15N3/c1-7-9-8(13-12-7)2-3-10(9)4-5-11-6-10/h11H,2-6H2,1H3,(H,12,13). The van der Waals surface area contributed by atoms with Crippen LogP contribution < -0.4 is 5.32 Å². The molecule has 13 heavy (non-hydrogen) atoms. The number of nitrogens with zero attached hydrogens (tertiary/aromatic N) is 1. The Morgan fingerprint density at radius 2 is 2.31 bits per heavy atom. The van der Waals surface area contributed by atoms with E-state index in [2.05, 4.69) is 22.4 Å². The molecule has 0 amide bonds. The van der Waals surface area contributed by atoms with Crippen molar-refractivity contribution in [2.75, 3.05) is 13.1 Å². The van der Waals surface area contributed by atoms with Gasteiger partial charge < -0.3 is 5.32 Å². The Bertz CT molecular complexity index is 334. The monoisotopic (exact) mass is 177 g/mol. The Morgan fingerprint density at radius 1 is 1.38 bits per heavy atom. The van der Waals surface area contributed by atoms with Gasteiger partial charge in [0.05, 0.1) is 5.69 Å². The summed E-state index contributed by atoms with van der Waals surface area (Å²) in [5.41, 5.74) is 4.57. The van der Waals surface area contributed by atoms with Gasteiger partial charge >= 0.3 is 0 Å². The molecule has 1 aliphatic heterocycles. The predicted octanol–water partition coefficient (Wildman–Crippen LogP) is 0.895. The van der Waals surface area contributed by atoms with E-state index in [1.807, 2.05) is 0 Å². The van der Waals surface area contributed by atoms with E-state index in [-0.39, 0.29) is 0 Å². The molecule has 3 heteroatoms. The van der Waals surface area contributed by atoms with E-state index in [0.29, 0.717) is 5.41 Å². The summed E-state index contributed by atoms with van der Waals surface area (Å²) in [6.45, 7) is 4.47. The summed E-state index contributed by atoms with van der Waals surface area (Å²) in [7, 11) is 0. The van der Waals surface area contributed by atoms with Gasteiger partial charge in [-0.2, -0.15) is 5.10 Å². The maximum absolute atomic E-state index is 4.36. The fraction of sp³-hybridized carbons (Fsp3) is 0.700. The van der Waals surface area contributed by atoms with Gasteiger partial charge in [0.2, 0.25) is 0 Å². The van der Waals surface area contributed by atoms with Gasteiger partial charge in [0.15, 0.2) is 0 Å². The van der Waals surface area contributed by atoms with Crippen molar-refractivity contribution in [1.82, 2.24) is 15.5 Å². The summed E-state index contributed by atoms with van der Waals surface area (Å²) in [4.78, 5) is 0. The van der Waals surface area contributed by atoms with E-state index in [1.165, 1.54) is 42.8 Å². The van der Waals surface area contributed by atoms with E-state index < -0.39 is 0 Å². The molecule has 3 nitrogen and oxygen atoms in total. The molecule has 0 saturated carbocycles. The van der Waals surface area contributed by atoms with Crippen molar-refractivity contribution in [3.8, 4) is 0 Å². The Morgan fingerprint density at radius 3 is 3.08 bits per heavy atom. The second kappa shape index (κ2) is 2.35. The minimum atomic E-state index is 0.437. The van der Waals surface area contributed by atoms with Gasteiger partial charge in [-0.1, -0.05) is 0 Å². The zero-order valence-electron chi connectivity index (χ0n) is 7.98. The Hall–Kier alpha value is -0.830. The number of hydrogen-bond acceptors (Lipinski definition) is 2. The molecule has 2 aliphatic rings. The van der Waals surface area contributed by atoms with Gasteiger partial charge in [0.1, 0.15) is 0 Å². The molecule has 1 fully saturated rings. The summed E-state index contributed by atoms with van der Waals surface area (Å²) < 4.78 is 0. The fourth-order valence-electron chi connectivity index (χ4n) is 3.02. The van der Waals surface area contributed by atoms with Crippen molar-refractivity contribution < 1.29 is 0 Å². The van der Waals surface area contributed by atoms with Crippen LogP contribution in [0.15, 0.2) is 0 Å². The molecular weight excluding hydrogens is 162 g/mol. The largest absolute Gasteiger partial charge is 0.316 e. The van der Waals surface area contributed by atoms with Crippen molar-refractivity contribution in [3.63, 3.8) is 0 Å². The molecule has 1 aliphatic carbocycles. The van der Waals surface area contributed by atoms with Gasteiger partial charge in [-0.3, -0.25) is 5.10 Å². The zero-order valence-corrected chi connectivity index (χ0v) is 7.98. The summed E-state index contributed by atoms with van der Waals surface area (Å²) in [6.07, 6.45) is 3.76. The van der Waals surface area contributed by atoms with Gasteiger partial charge in [-0.05, 0) is 32.7 Å². The molecule has 0 aromatic carbocycles. The van der Waals surface area contributed by atoms with Crippen molar-refractivity contribution in [2.24, 2.45) is 0 Å². The van der Waals surface area contributed by atoms with Crippen LogP contribution in [0.1, 0.15) is 29.8 Å². The fourth-order valence-corrected chi connectivity index (χ4v) is 3.02. The molecule has 1 aromatic heterocycles. The molecule has 1 aromatic rings. The lowest BCUT2D eigenvalue weighted by atomic mass is 9.81. The third-order valence-electron chi connectivity index (χ3n) is 3.64. The highest BCUT2D eigenvalue weighted by molar-refractivity contribution is 5.39. The first-order valence-electron chi connectivity index (χ1n) is 5.07. The van der Waals surface area contributed by atoms with E-state index in [9.17, 15) is 0 Å². The van der Waals surface area contributed by atoms with E-state index >= 15 is 0 Å². The predicted molar refractivity (Wildman–Crippen MR) is 50.8 cm³/mol. The van der Waals surface area contributed by atoms with Crippen molar-refractivity contribution in [3.05, 3.63) is 17.0 Å². The summed E-state index contributed by atoms with van der Waals surface area (Å²) in [5, 5.41) is 10.9. The summed E-state index contributed by atoms with van der Waals surface area (Å²) in [6, 6.07) is 0. The third-order valence-corrected chi connectivity index (χ3v) is 3.64. The number of aromatic amines is 1. The Balaban J connectivity index is 2.14. The lowest BCUT2D eigenvalue weighted by Crippen LogP contribution is -2.26. The topological polar surface area (TPSA) is 40.7 Å². The highest BCUT2D eigenvalue weighted by Gasteiger charge is 2.43. The molecule has 1 atom stereocenters. The highest BCUT2D eigenvalue weighted by atomic mass is 15.1. The summed E-state index contributed by atoms with van der Waals surface area (Å²) >= 11 is 0. The molecule has 3 rings (SSSR count). The average molecular weight is 177 g/mol. The molecule has 0 radical (unpaired) electrons. The van der Waals surface area contributed by atoms with Crippen molar-refractivity contribution in [2.45, 2.75) is 31.6 Å². The number of fused-ring (bicyclic) bond motifs is 2. The number of aromatic nitrogens is 2. The quantitative estimate of drug-likeness (QED) is 0.618. The summed E-state index contributed by atoms with van der Waals surface area (Å²) in [5.74, 6) is 0. The number of H-pyrrole nitrogens is 1. The number of rotatable bonds is 0. The molecule has 1 saturated heterocycles. The van der Waals surface area contributed by atoms with Crippen LogP contribution in [0, 0.1) is 6.92 Å². The number of hydrogen-bond donors (Lipinski definition) is 2. The minimum absolute atomic E-state index is 0.437. The second-order valence-electron chi connectivity index (χ2n) is 4.38. The lowest BCUT2D eigenvalue weighted by Gasteiger charge is -2.22. The van der Waals surface area contributed by atoms with Crippen LogP contribution in [0.5, 0.6) is 0 Å². The molecule has 1 spiro atoms. The number of nitrogens with one attached hydrogen (secondary N) is 2. The second-order valence-corrected chi connectivity index (χ2v) is 4.38. The maximum Gasteiger partial charge on any atom is 0.0663 e. The van der Waals surface area contributed by atoms with E-state index in [4.69, 9.17) is 0 Å².